The Morgan fingerprint density at radius 2 is 1.91 bits per heavy atom. The summed E-state index contributed by atoms with van der Waals surface area (Å²) in [6, 6.07) is 4.04. The van der Waals surface area contributed by atoms with Crippen molar-refractivity contribution in [3.63, 3.8) is 0 Å². The van der Waals surface area contributed by atoms with E-state index in [1.165, 1.54) is 18.5 Å². The molecule has 0 aromatic carbocycles. The van der Waals surface area contributed by atoms with Gasteiger partial charge in [-0.15, -0.1) is 0 Å². The number of rotatable bonds is 8. The Kier molecular flexibility index (Phi) is 6.11. The maximum Gasteiger partial charge on any atom is 0.226 e. The van der Waals surface area contributed by atoms with Crippen molar-refractivity contribution >= 4 is 17.6 Å². The van der Waals surface area contributed by atoms with Crippen molar-refractivity contribution < 1.29 is 4.52 Å². The summed E-state index contributed by atoms with van der Waals surface area (Å²) in [4.78, 5) is 14.3. The van der Waals surface area contributed by atoms with Gasteiger partial charge in [0, 0.05) is 51.1 Å². The summed E-state index contributed by atoms with van der Waals surface area (Å²) in [5, 5.41) is 13.2. The van der Waals surface area contributed by atoms with Gasteiger partial charge in [0.15, 0.2) is 5.76 Å². The third-order valence-corrected chi connectivity index (χ3v) is 6.50. The lowest BCUT2D eigenvalue weighted by molar-refractivity contribution is 0.261. The molecule has 2 aromatic rings. The molecule has 10 heteroatoms. The SMILES string of the molecule is CC(C)c1cc(CNc2nc(NC3C=C(C4CC4)NN3C)cc(N3CCN(C)CC3)n2)on1. The topological polar surface area (TPSA) is 97.6 Å². The first kappa shape index (κ1) is 22.0. The molecule has 0 radical (unpaired) electrons. The first-order valence-corrected chi connectivity index (χ1v) is 11.9. The molecule has 2 fully saturated rings. The second-order valence-electron chi connectivity index (χ2n) is 9.66. The number of hydrazine groups is 1. The summed E-state index contributed by atoms with van der Waals surface area (Å²) >= 11 is 0. The molecule has 3 N–H and O–H groups in total. The lowest BCUT2D eigenvalue weighted by atomic mass is 10.1. The molecule has 4 heterocycles. The van der Waals surface area contributed by atoms with Crippen LogP contribution in [0.15, 0.2) is 28.4 Å². The maximum absolute atomic E-state index is 5.48. The Bertz CT molecular complexity index is 992. The highest BCUT2D eigenvalue weighted by atomic mass is 16.5. The Balaban J connectivity index is 1.34. The molecule has 2 aliphatic heterocycles. The van der Waals surface area contributed by atoms with Crippen molar-refractivity contribution in [1.82, 2.24) is 30.5 Å². The van der Waals surface area contributed by atoms with E-state index in [-0.39, 0.29) is 6.17 Å². The number of hydrogen-bond donors (Lipinski definition) is 3. The molecule has 10 nitrogen and oxygen atoms in total. The fourth-order valence-electron chi connectivity index (χ4n) is 4.14. The first-order valence-electron chi connectivity index (χ1n) is 11.9. The molecule has 1 unspecified atom stereocenters. The van der Waals surface area contributed by atoms with Gasteiger partial charge in [0.2, 0.25) is 5.95 Å². The summed E-state index contributed by atoms with van der Waals surface area (Å²) in [5.41, 5.74) is 5.75. The third-order valence-electron chi connectivity index (χ3n) is 6.50. The van der Waals surface area contributed by atoms with Gasteiger partial charge in [0.1, 0.15) is 17.8 Å². The minimum Gasteiger partial charge on any atom is -0.359 e. The molecule has 1 atom stereocenters. The van der Waals surface area contributed by atoms with Crippen LogP contribution in [0.25, 0.3) is 0 Å². The summed E-state index contributed by atoms with van der Waals surface area (Å²) in [6.45, 7) is 8.64. The van der Waals surface area contributed by atoms with Crippen LogP contribution in [0, 0.1) is 5.92 Å². The van der Waals surface area contributed by atoms with E-state index in [0.29, 0.717) is 24.3 Å². The van der Waals surface area contributed by atoms with Gasteiger partial charge in [-0.3, -0.25) is 0 Å². The average Bonchev–Trinajstić information content (AvgIpc) is 3.42. The molecule has 33 heavy (non-hydrogen) atoms. The highest BCUT2D eigenvalue weighted by Crippen LogP contribution is 2.37. The van der Waals surface area contributed by atoms with Crippen molar-refractivity contribution in [1.29, 1.82) is 0 Å². The Morgan fingerprint density at radius 1 is 1.12 bits per heavy atom. The average molecular weight is 454 g/mol. The fourth-order valence-corrected chi connectivity index (χ4v) is 4.14. The Morgan fingerprint density at radius 3 is 2.61 bits per heavy atom. The zero-order valence-electron chi connectivity index (χ0n) is 20.0. The third kappa shape index (κ3) is 5.22. The summed E-state index contributed by atoms with van der Waals surface area (Å²) in [5.74, 6) is 4.11. The number of likely N-dealkylation sites (N-methyl/N-ethyl adjacent to an activating group) is 2. The normalized spacial score (nSPS) is 21.9. The van der Waals surface area contributed by atoms with Gasteiger partial charge < -0.3 is 30.4 Å². The van der Waals surface area contributed by atoms with Gasteiger partial charge >= 0.3 is 0 Å². The predicted molar refractivity (Wildman–Crippen MR) is 129 cm³/mol. The van der Waals surface area contributed by atoms with Crippen molar-refractivity contribution in [2.75, 3.05) is 55.8 Å². The Hall–Kier alpha value is -2.85. The molecule has 1 aliphatic carbocycles. The van der Waals surface area contributed by atoms with Crippen LogP contribution in [0.3, 0.4) is 0 Å². The molecule has 178 valence electrons. The van der Waals surface area contributed by atoms with Crippen LogP contribution in [0.5, 0.6) is 0 Å². The zero-order valence-corrected chi connectivity index (χ0v) is 20.0. The van der Waals surface area contributed by atoms with Crippen molar-refractivity contribution in [2.45, 2.75) is 45.3 Å². The maximum atomic E-state index is 5.48. The van der Waals surface area contributed by atoms with Gasteiger partial charge in [-0.2, -0.15) is 9.97 Å². The molecule has 0 amide bonds. The smallest absolute Gasteiger partial charge is 0.226 e. The fraction of sp³-hybridized carbons (Fsp3) is 0.609. The summed E-state index contributed by atoms with van der Waals surface area (Å²) in [6.07, 6.45) is 4.86. The molecule has 0 bridgehead atoms. The summed E-state index contributed by atoms with van der Waals surface area (Å²) in [7, 11) is 4.22. The van der Waals surface area contributed by atoms with E-state index in [1.54, 1.807) is 0 Å². The molecule has 3 aliphatic rings. The van der Waals surface area contributed by atoms with E-state index in [4.69, 9.17) is 14.5 Å². The molecular formula is C23H35N9O. The van der Waals surface area contributed by atoms with Crippen LogP contribution >= 0.6 is 0 Å². The minimum atomic E-state index is 0.0477. The lowest BCUT2D eigenvalue weighted by Gasteiger charge is -2.33. The second kappa shape index (κ2) is 9.18. The van der Waals surface area contributed by atoms with Crippen LogP contribution in [0.1, 0.15) is 44.1 Å². The number of aromatic nitrogens is 3. The molecule has 1 saturated heterocycles. The van der Waals surface area contributed by atoms with Gasteiger partial charge in [0.05, 0.1) is 12.2 Å². The van der Waals surface area contributed by atoms with Crippen molar-refractivity contribution in [3.8, 4) is 0 Å². The largest absolute Gasteiger partial charge is 0.359 e. The van der Waals surface area contributed by atoms with Crippen molar-refractivity contribution in [3.05, 3.63) is 35.4 Å². The summed E-state index contributed by atoms with van der Waals surface area (Å²) < 4.78 is 5.48. The molecule has 2 aromatic heterocycles. The molecule has 5 rings (SSSR count). The van der Waals surface area contributed by atoms with Crippen LogP contribution in [-0.4, -0.2) is 71.5 Å². The van der Waals surface area contributed by atoms with E-state index in [1.807, 2.05) is 6.07 Å². The van der Waals surface area contributed by atoms with Gasteiger partial charge in [0.25, 0.3) is 0 Å². The van der Waals surface area contributed by atoms with E-state index >= 15 is 0 Å². The lowest BCUT2D eigenvalue weighted by Crippen LogP contribution is -2.45. The second-order valence-corrected chi connectivity index (χ2v) is 9.66. The van der Waals surface area contributed by atoms with Crippen molar-refractivity contribution in [2.24, 2.45) is 5.92 Å². The standard InChI is InChI=1S/C23H35N9O/c1-15(2)18-11-17(33-29-18)14-24-23-26-20(13-22(27-23)32-9-7-30(3)8-10-32)25-21-12-19(16-5-6-16)28-31(21)4/h11-13,15-16,21,28H,5-10,14H2,1-4H3,(H2,24,25,26,27). The number of anilines is 3. The Labute approximate surface area is 195 Å². The van der Waals surface area contributed by atoms with E-state index in [9.17, 15) is 0 Å². The highest BCUT2D eigenvalue weighted by Gasteiger charge is 2.32. The van der Waals surface area contributed by atoms with Crippen LogP contribution in [0.4, 0.5) is 17.6 Å². The highest BCUT2D eigenvalue weighted by molar-refractivity contribution is 5.55. The monoisotopic (exact) mass is 453 g/mol. The van der Waals surface area contributed by atoms with Gasteiger partial charge in [-0.1, -0.05) is 19.0 Å². The van der Waals surface area contributed by atoms with E-state index < -0.39 is 0 Å². The van der Waals surface area contributed by atoms with Crippen LogP contribution < -0.4 is 21.0 Å². The van der Waals surface area contributed by atoms with Crippen LogP contribution in [0.2, 0.25) is 0 Å². The number of allylic oxidation sites excluding steroid dienone is 1. The predicted octanol–water partition coefficient (Wildman–Crippen LogP) is 2.43. The molecular weight excluding hydrogens is 418 g/mol. The first-order chi connectivity index (χ1) is 15.9. The molecule has 1 saturated carbocycles. The minimum absolute atomic E-state index is 0.0477. The zero-order chi connectivity index (χ0) is 22.9. The molecule has 0 spiro atoms. The number of hydrogen-bond acceptors (Lipinski definition) is 10. The van der Waals surface area contributed by atoms with Gasteiger partial charge in [-0.25, -0.2) is 5.01 Å². The number of nitrogens with zero attached hydrogens (tertiary/aromatic N) is 6. The van der Waals surface area contributed by atoms with Crippen LogP contribution in [-0.2, 0) is 6.54 Å². The van der Waals surface area contributed by atoms with E-state index in [0.717, 1.165) is 49.3 Å². The quantitative estimate of drug-likeness (QED) is 0.553. The van der Waals surface area contributed by atoms with E-state index in [2.05, 4.69) is 76.1 Å². The van der Waals surface area contributed by atoms with Gasteiger partial charge in [-0.05, 0) is 37.8 Å². The number of piperazine rings is 1. The number of nitrogens with one attached hydrogen (secondary N) is 3.